The molecule has 3 nitrogen and oxygen atoms in total. The predicted molar refractivity (Wildman–Crippen MR) is 98.7 cm³/mol. The van der Waals surface area contributed by atoms with Gasteiger partial charge in [0, 0.05) is 16.0 Å². The van der Waals surface area contributed by atoms with Crippen molar-refractivity contribution < 1.29 is 9.53 Å². The quantitative estimate of drug-likeness (QED) is 0.759. The number of carbonyl (C=O) groups is 1. The number of amides is 1. The van der Waals surface area contributed by atoms with E-state index in [0.29, 0.717) is 13.0 Å². The second kappa shape index (κ2) is 6.29. The van der Waals surface area contributed by atoms with Crippen LogP contribution in [0.15, 0.2) is 48.5 Å². The lowest BCUT2D eigenvalue weighted by atomic mass is 10.1. The van der Waals surface area contributed by atoms with Crippen LogP contribution in [-0.2, 0) is 4.79 Å². The average molecular weight is 337 g/mol. The van der Waals surface area contributed by atoms with Crippen molar-refractivity contribution >= 4 is 27.3 Å². The Hall–Kier alpha value is -2.33. The largest absolute Gasteiger partial charge is 0.491 e. The highest BCUT2D eigenvalue weighted by molar-refractivity contribution is 7.22. The summed E-state index contributed by atoms with van der Waals surface area (Å²) in [7, 11) is 0. The first-order chi connectivity index (χ1) is 11.7. The molecule has 1 amide bonds. The Bertz CT molecular complexity index is 867. The summed E-state index contributed by atoms with van der Waals surface area (Å²) in [6, 6.07) is 17.1. The van der Waals surface area contributed by atoms with Crippen molar-refractivity contribution in [3.63, 3.8) is 0 Å². The molecular weight excluding hydrogens is 318 g/mol. The van der Waals surface area contributed by atoms with Crippen molar-refractivity contribution in [2.24, 2.45) is 0 Å². The molecular formula is C20H19NO2S. The van der Waals surface area contributed by atoms with Crippen molar-refractivity contribution in [3.8, 4) is 16.2 Å². The highest BCUT2D eigenvalue weighted by Crippen LogP contribution is 2.35. The number of fused-ring (bicyclic) bond motifs is 1. The molecule has 1 unspecified atom stereocenters. The van der Waals surface area contributed by atoms with Crippen molar-refractivity contribution in [1.82, 2.24) is 5.32 Å². The summed E-state index contributed by atoms with van der Waals surface area (Å²) < 4.78 is 7.22. The highest BCUT2D eigenvalue weighted by Gasteiger charge is 2.21. The molecule has 122 valence electrons. The van der Waals surface area contributed by atoms with Gasteiger partial charge in [-0.1, -0.05) is 18.2 Å². The zero-order valence-electron chi connectivity index (χ0n) is 13.5. The van der Waals surface area contributed by atoms with E-state index in [-0.39, 0.29) is 11.9 Å². The zero-order valence-corrected chi connectivity index (χ0v) is 14.4. The SMILES string of the molecule is Cc1cc(-c2cc3ccccc3s2)ccc1OCC1CCC(=O)N1. The molecule has 3 aromatic rings. The minimum Gasteiger partial charge on any atom is -0.491 e. The maximum Gasteiger partial charge on any atom is 0.220 e. The van der Waals surface area contributed by atoms with E-state index in [4.69, 9.17) is 4.74 Å². The van der Waals surface area contributed by atoms with Gasteiger partial charge in [0.1, 0.15) is 12.4 Å². The summed E-state index contributed by atoms with van der Waals surface area (Å²) in [5.74, 6) is 1.02. The predicted octanol–water partition coefficient (Wildman–Crippen LogP) is 4.53. The third-order valence-corrected chi connectivity index (χ3v) is 5.58. The minimum absolute atomic E-state index is 0.125. The Morgan fingerprint density at radius 1 is 1.21 bits per heavy atom. The van der Waals surface area contributed by atoms with E-state index in [9.17, 15) is 4.79 Å². The fourth-order valence-corrected chi connectivity index (χ4v) is 4.14. The van der Waals surface area contributed by atoms with Gasteiger partial charge in [0.05, 0.1) is 6.04 Å². The molecule has 4 rings (SSSR count). The number of aryl methyl sites for hydroxylation is 1. The van der Waals surface area contributed by atoms with Crippen LogP contribution in [0, 0.1) is 6.92 Å². The average Bonchev–Trinajstić information content (AvgIpc) is 3.19. The van der Waals surface area contributed by atoms with Crippen LogP contribution < -0.4 is 10.1 Å². The van der Waals surface area contributed by atoms with Gasteiger partial charge >= 0.3 is 0 Å². The molecule has 1 aliphatic rings. The topological polar surface area (TPSA) is 38.3 Å². The molecule has 0 radical (unpaired) electrons. The standard InChI is InChI=1S/C20H19NO2S/c1-13-10-15(19-11-14-4-2-3-5-18(14)24-19)6-8-17(13)23-12-16-7-9-20(22)21-16/h2-6,8,10-11,16H,7,9,12H2,1H3,(H,21,22). The number of rotatable bonds is 4. The van der Waals surface area contributed by atoms with Crippen LogP contribution in [0.25, 0.3) is 20.5 Å². The molecule has 2 heterocycles. The van der Waals surface area contributed by atoms with Gasteiger partial charge in [-0.15, -0.1) is 11.3 Å². The molecule has 0 saturated carbocycles. The van der Waals surface area contributed by atoms with Crippen molar-refractivity contribution in [3.05, 3.63) is 54.1 Å². The second-order valence-corrected chi connectivity index (χ2v) is 7.33. The van der Waals surface area contributed by atoms with E-state index >= 15 is 0 Å². The van der Waals surface area contributed by atoms with Gasteiger partial charge in [-0.2, -0.15) is 0 Å². The van der Waals surface area contributed by atoms with Gasteiger partial charge < -0.3 is 10.1 Å². The van der Waals surface area contributed by atoms with Crippen molar-refractivity contribution in [1.29, 1.82) is 0 Å². The van der Waals surface area contributed by atoms with Gasteiger partial charge in [0.25, 0.3) is 0 Å². The Labute approximate surface area is 145 Å². The van der Waals surface area contributed by atoms with Gasteiger partial charge in [0.2, 0.25) is 5.91 Å². The summed E-state index contributed by atoms with van der Waals surface area (Å²) in [4.78, 5) is 12.5. The van der Waals surface area contributed by atoms with Gasteiger partial charge in [-0.3, -0.25) is 4.79 Å². The van der Waals surface area contributed by atoms with E-state index in [1.165, 1.54) is 20.5 Å². The first-order valence-corrected chi connectivity index (χ1v) is 9.02. The lowest BCUT2D eigenvalue weighted by Crippen LogP contribution is -2.30. The van der Waals surface area contributed by atoms with Gasteiger partial charge in [-0.05, 0) is 60.2 Å². The van der Waals surface area contributed by atoms with Crippen LogP contribution in [0.2, 0.25) is 0 Å². The summed E-state index contributed by atoms with van der Waals surface area (Å²) in [6.45, 7) is 2.61. The van der Waals surface area contributed by atoms with Crippen molar-refractivity contribution in [2.45, 2.75) is 25.8 Å². The van der Waals surface area contributed by atoms with Crippen LogP contribution in [0.5, 0.6) is 5.75 Å². The third-order valence-electron chi connectivity index (χ3n) is 4.41. The lowest BCUT2D eigenvalue weighted by molar-refractivity contribution is -0.119. The molecule has 1 N–H and O–H groups in total. The minimum atomic E-state index is 0.125. The molecule has 24 heavy (non-hydrogen) atoms. The van der Waals surface area contributed by atoms with Crippen LogP contribution >= 0.6 is 11.3 Å². The smallest absolute Gasteiger partial charge is 0.220 e. The molecule has 0 aliphatic carbocycles. The number of hydrogen-bond acceptors (Lipinski definition) is 3. The number of thiophene rings is 1. The molecule has 1 fully saturated rings. The maximum atomic E-state index is 11.2. The van der Waals surface area contributed by atoms with E-state index in [1.807, 2.05) is 17.4 Å². The fraction of sp³-hybridized carbons (Fsp3) is 0.250. The summed E-state index contributed by atoms with van der Waals surface area (Å²) >= 11 is 1.81. The first kappa shape index (κ1) is 15.2. The fourth-order valence-electron chi connectivity index (χ4n) is 3.08. The number of benzene rings is 2. The molecule has 0 spiro atoms. The first-order valence-electron chi connectivity index (χ1n) is 8.21. The van der Waals surface area contributed by atoms with Gasteiger partial charge in [-0.25, -0.2) is 0 Å². The van der Waals surface area contributed by atoms with E-state index in [2.05, 4.69) is 54.7 Å². The number of ether oxygens (including phenoxy) is 1. The van der Waals surface area contributed by atoms with Crippen LogP contribution in [-0.4, -0.2) is 18.6 Å². The maximum absolute atomic E-state index is 11.2. The number of carbonyl (C=O) groups excluding carboxylic acids is 1. The highest BCUT2D eigenvalue weighted by atomic mass is 32.1. The molecule has 4 heteroatoms. The molecule has 1 atom stereocenters. The lowest BCUT2D eigenvalue weighted by Gasteiger charge is -2.14. The Balaban J connectivity index is 1.52. The molecule has 1 aliphatic heterocycles. The van der Waals surface area contributed by atoms with E-state index in [0.717, 1.165) is 17.7 Å². The van der Waals surface area contributed by atoms with Crippen LogP contribution in [0.3, 0.4) is 0 Å². The van der Waals surface area contributed by atoms with Crippen LogP contribution in [0.1, 0.15) is 18.4 Å². The normalized spacial score (nSPS) is 17.2. The Morgan fingerprint density at radius 3 is 2.83 bits per heavy atom. The molecule has 2 aromatic carbocycles. The second-order valence-electron chi connectivity index (χ2n) is 6.24. The third kappa shape index (κ3) is 3.02. The Morgan fingerprint density at radius 2 is 2.08 bits per heavy atom. The monoisotopic (exact) mass is 337 g/mol. The number of nitrogens with one attached hydrogen (secondary N) is 1. The zero-order chi connectivity index (χ0) is 16.5. The van der Waals surface area contributed by atoms with E-state index in [1.54, 1.807) is 0 Å². The summed E-state index contributed by atoms with van der Waals surface area (Å²) in [5, 5.41) is 4.22. The Kier molecular flexibility index (Phi) is 3.98. The summed E-state index contributed by atoms with van der Waals surface area (Å²) in [6.07, 6.45) is 1.47. The summed E-state index contributed by atoms with van der Waals surface area (Å²) in [5.41, 5.74) is 2.34. The molecule has 1 saturated heterocycles. The van der Waals surface area contributed by atoms with Gasteiger partial charge in [0.15, 0.2) is 0 Å². The molecule has 0 bridgehead atoms. The van der Waals surface area contributed by atoms with E-state index < -0.39 is 0 Å². The van der Waals surface area contributed by atoms with Crippen molar-refractivity contribution in [2.75, 3.05) is 6.61 Å². The van der Waals surface area contributed by atoms with Crippen LogP contribution in [0.4, 0.5) is 0 Å². The molecule has 1 aromatic heterocycles. The number of hydrogen-bond donors (Lipinski definition) is 1.